The maximum atomic E-state index is 12.1. The third-order valence-electron chi connectivity index (χ3n) is 3.63. The molecule has 0 atom stereocenters. The third kappa shape index (κ3) is 3.65. The molecule has 0 spiro atoms. The summed E-state index contributed by atoms with van der Waals surface area (Å²) in [4.78, 5) is 17.4. The van der Waals surface area contributed by atoms with Crippen molar-refractivity contribution in [3.05, 3.63) is 70.9 Å². The number of rotatable bonds is 3. The summed E-state index contributed by atoms with van der Waals surface area (Å²) < 4.78 is 1.15. The SMILES string of the molecule is O=C(NC(=S)Nc1cccc(-c2nc3ccccc3s2)c1)c1cccs1. The van der Waals surface area contributed by atoms with Crippen molar-refractivity contribution in [2.24, 2.45) is 0 Å². The number of para-hydroxylation sites is 1. The number of hydrogen-bond donors (Lipinski definition) is 2. The maximum absolute atomic E-state index is 12.1. The van der Waals surface area contributed by atoms with Crippen LogP contribution in [0.2, 0.25) is 0 Å². The number of amides is 1. The van der Waals surface area contributed by atoms with Crippen molar-refractivity contribution in [1.82, 2.24) is 10.3 Å². The minimum atomic E-state index is -0.208. The summed E-state index contributed by atoms with van der Waals surface area (Å²) in [6.07, 6.45) is 0. The number of nitrogens with one attached hydrogen (secondary N) is 2. The van der Waals surface area contributed by atoms with Crippen LogP contribution < -0.4 is 10.6 Å². The lowest BCUT2D eigenvalue weighted by molar-refractivity contribution is 0.0981. The Balaban J connectivity index is 1.50. The van der Waals surface area contributed by atoms with Gasteiger partial charge in [-0.1, -0.05) is 30.3 Å². The zero-order valence-corrected chi connectivity index (χ0v) is 15.9. The highest BCUT2D eigenvalue weighted by molar-refractivity contribution is 7.80. The molecule has 1 amide bonds. The highest BCUT2D eigenvalue weighted by Crippen LogP contribution is 2.31. The van der Waals surface area contributed by atoms with Gasteiger partial charge in [0.2, 0.25) is 0 Å². The Kier molecular flexibility index (Phi) is 4.75. The topological polar surface area (TPSA) is 54.0 Å². The molecule has 4 aromatic rings. The van der Waals surface area contributed by atoms with Gasteiger partial charge in [-0.05, 0) is 47.9 Å². The lowest BCUT2D eigenvalue weighted by Crippen LogP contribution is -2.33. The van der Waals surface area contributed by atoms with E-state index in [-0.39, 0.29) is 11.0 Å². The van der Waals surface area contributed by atoms with Crippen LogP contribution in [0, 0.1) is 0 Å². The summed E-state index contributed by atoms with van der Waals surface area (Å²) in [6, 6.07) is 19.5. The monoisotopic (exact) mass is 395 g/mol. The highest BCUT2D eigenvalue weighted by atomic mass is 32.1. The van der Waals surface area contributed by atoms with Gasteiger partial charge in [0.15, 0.2) is 5.11 Å². The van der Waals surface area contributed by atoms with Crippen LogP contribution in [0.3, 0.4) is 0 Å². The fourth-order valence-electron chi connectivity index (χ4n) is 2.46. The third-order valence-corrected chi connectivity index (χ3v) is 5.79. The summed E-state index contributed by atoms with van der Waals surface area (Å²) in [7, 11) is 0. The van der Waals surface area contributed by atoms with E-state index < -0.39 is 0 Å². The number of nitrogens with zero attached hydrogens (tertiary/aromatic N) is 1. The minimum Gasteiger partial charge on any atom is -0.332 e. The number of anilines is 1. The van der Waals surface area contributed by atoms with Crippen LogP contribution in [0.4, 0.5) is 5.69 Å². The van der Waals surface area contributed by atoms with Gasteiger partial charge >= 0.3 is 0 Å². The molecule has 7 heteroatoms. The number of thiocarbonyl (C=S) groups is 1. The first kappa shape index (κ1) is 16.8. The van der Waals surface area contributed by atoms with E-state index in [9.17, 15) is 4.79 Å². The largest absolute Gasteiger partial charge is 0.332 e. The second-order valence-corrected chi connectivity index (χ2v) is 7.84. The Hall–Kier alpha value is -2.61. The lowest BCUT2D eigenvalue weighted by atomic mass is 10.2. The molecular formula is C19H13N3OS3. The molecule has 0 saturated carbocycles. The van der Waals surface area contributed by atoms with Gasteiger partial charge in [0.05, 0.1) is 15.1 Å². The molecular weight excluding hydrogens is 382 g/mol. The van der Waals surface area contributed by atoms with Gasteiger partial charge < -0.3 is 5.32 Å². The van der Waals surface area contributed by atoms with E-state index in [1.807, 2.05) is 53.9 Å². The molecule has 0 radical (unpaired) electrons. The van der Waals surface area contributed by atoms with Gasteiger partial charge in [0, 0.05) is 11.3 Å². The Labute approximate surface area is 163 Å². The molecule has 4 rings (SSSR count). The molecule has 2 aromatic carbocycles. The van der Waals surface area contributed by atoms with Crippen molar-refractivity contribution in [2.45, 2.75) is 0 Å². The first-order chi connectivity index (χ1) is 12.7. The molecule has 2 N–H and O–H groups in total. The van der Waals surface area contributed by atoms with Crippen molar-refractivity contribution in [3.63, 3.8) is 0 Å². The predicted molar refractivity (Wildman–Crippen MR) is 113 cm³/mol. The van der Waals surface area contributed by atoms with Crippen molar-refractivity contribution in [1.29, 1.82) is 0 Å². The van der Waals surface area contributed by atoms with E-state index in [1.165, 1.54) is 11.3 Å². The van der Waals surface area contributed by atoms with E-state index in [1.54, 1.807) is 17.4 Å². The molecule has 4 nitrogen and oxygen atoms in total. The highest BCUT2D eigenvalue weighted by Gasteiger charge is 2.10. The number of thiazole rings is 1. The number of thiophene rings is 1. The quantitative estimate of drug-likeness (QED) is 0.471. The average molecular weight is 396 g/mol. The summed E-state index contributed by atoms with van der Waals surface area (Å²) in [5, 5.41) is 8.82. The van der Waals surface area contributed by atoms with E-state index in [0.717, 1.165) is 26.5 Å². The summed E-state index contributed by atoms with van der Waals surface area (Å²) in [5.41, 5.74) is 2.80. The first-order valence-electron chi connectivity index (χ1n) is 7.81. The van der Waals surface area contributed by atoms with E-state index in [4.69, 9.17) is 12.2 Å². The van der Waals surface area contributed by atoms with Gasteiger partial charge in [0.1, 0.15) is 5.01 Å². The summed E-state index contributed by atoms with van der Waals surface area (Å²) in [6.45, 7) is 0. The Morgan fingerprint density at radius 1 is 1.04 bits per heavy atom. The molecule has 0 aliphatic heterocycles. The standard InChI is InChI=1S/C19H13N3OS3/c23-17(16-9-4-10-25-16)22-19(24)20-13-6-3-5-12(11-13)18-21-14-7-1-2-8-15(14)26-18/h1-11H,(H2,20,22,23,24). The van der Waals surface area contributed by atoms with Crippen molar-refractivity contribution < 1.29 is 4.79 Å². The molecule has 0 saturated heterocycles. The molecule has 2 aromatic heterocycles. The average Bonchev–Trinajstić information content (AvgIpc) is 3.31. The zero-order chi connectivity index (χ0) is 17.9. The number of fused-ring (bicyclic) bond motifs is 1. The second kappa shape index (κ2) is 7.33. The first-order valence-corrected chi connectivity index (χ1v) is 9.91. The van der Waals surface area contributed by atoms with Crippen LogP contribution in [0.15, 0.2) is 66.0 Å². The number of carbonyl (C=O) groups excluding carboxylic acids is 1. The molecule has 0 unspecified atom stereocenters. The Bertz CT molecular complexity index is 1050. The number of hydrogen-bond acceptors (Lipinski definition) is 5. The number of benzene rings is 2. The second-order valence-electron chi connectivity index (χ2n) is 5.45. The normalized spacial score (nSPS) is 10.6. The summed E-state index contributed by atoms with van der Waals surface area (Å²) >= 11 is 8.27. The van der Waals surface area contributed by atoms with Gasteiger partial charge in [-0.15, -0.1) is 22.7 Å². The number of carbonyl (C=O) groups is 1. The van der Waals surface area contributed by atoms with Crippen LogP contribution in [-0.4, -0.2) is 16.0 Å². The molecule has 128 valence electrons. The Morgan fingerprint density at radius 3 is 2.73 bits per heavy atom. The molecule has 2 heterocycles. The van der Waals surface area contributed by atoms with Crippen molar-refractivity contribution in [2.75, 3.05) is 5.32 Å². The van der Waals surface area contributed by atoms with Gasteiger partial charge in [0.25, 0.3) is 5.91 Å². The minimum absolute atomic E-state index is 0.208. The van der Waals surface area contributed by atoms with Crippen LogP contribution >= 0.6 is 34.9 Å². The van der Waals surface area contributed by atoms with E-state index >= 15 is 0 Å². The molecule has 0 aliphatic rings. The van der Waals surface area contributed by atoms with E-state index in [0.29, 0.717) is 4.88 Å². The van der Waals surface area contributed by atoms with Gasteiger partial charge in [-0.3, -0.25) is 10.1 Å². The predicted octanol–water partition coefficient (Wildman–Crippen LogP) is 5.15. The van der Waals surface area contributed by atoms with E-state index in [2.05, 4.69) is 21.7 Å². The maximum Gasteiger partial charge on any atom is 0.267 e. The molecule has 26 heavy (non-hydrogen) atoms. The van der Waals surface area contributed by atoms with Crippen molar-refractivity contribution >= 4 is 61.8 Å². The molecule has 0 bridgehead atoms. The summed E-state index contributed by atoms with van der Waals surface area (Å²) in [5.74, 6) is -0.208. The van der Waals surface area contributed by atoms with Crippen molar-refractivity contribution in [3.8, 4) is 10.6 Å². The van der Waals surface area contributed by atoms with Crippen LogP contribution in [0.1, 0.15) is 9.67 Å². The van der Waals surface area contributed by atoms with Crippen LogP contribution in [-0.2, 0) is 0 Å². The van der Waals surface area contributed by atoms with Gasteiger partial charge in [-0.2, -0.15) is 0 Å². The number of aromatic nitrogens is 1. The molecule has 0 fully saturated rings. The van der Waals surface area contributed by atoms with Crippen LogP contribution in [0.25, 0.3) is 20.8 Å². The van der Waals surface area contributed by atoms with Crippen LogP contribution in [0.5, 0.6) is 0 Å². The molecule has 0 aliphatic carbocycles. The van der Waals surface area contributed by atoms with Gasteiger partial charge in [-0.25, -0.2) is 4.98 Å². The lowest BCUT2D eigenvalue weighted by Gasteiger charge is -2.09. The fraction of sp³-hybridized carbons (Fsp3) is 0. The fourth-order valence-corrected chi connectivity index (χ4v) is 4.25. The smallest absolute Gasteiger partial charge is 0.267 e. The Morgan fingerprint density at radius 2 is 1.92 bits per heavy atom. The zero-order valence-electron chi connectivity index (χ0n) is 13.4.